The Morgan fingerprint density at radius 2 is 1.52 bits per heavy atom. The van der Waals surface area contributed by atoms with Crippen molar-refractivity contribution in [2.24, 2.45) is 0 Å². The number of sulfonamides is 1. The van der Waals surface area contributed by atoms with Crippen molar-refractivity contribution in [3.63, 3.8) is 0 Å². The Morgan fingerprint density at radius 3 is 2.22 bits per heavy atom. The summed E-state index contributed by atoms with van der Waals surface area (Å²) in [5.74, 6) is -0.389. The minimum absolute atomic E-state index is 0.186. The van der Waals surface area contributed by atoms with Crippen LogP contribution in [-0.4, -0.2) is 14.3 Å². The van der Waals surface area contributed by atoms with Crippen LogP contribution in [0.5, 0.6) is 0 Å². The number of carbonyl (C=O) groups is 1. The van der Waals surface area contributed by atoms with Crippen molar-refractivity contribution in [2.75, 3.05) is 10.0 Å². The molecule has 0 radical (unpaired) electrons. The average Bonchev–Trinajstić information content (AvgIpc) is 2.62. The standard InChI is InChI=1S/C21H20N2O3S/c1-15-12-13-20(16(2)14-15)27(25,26)23-19-11-7-6-10-18(19)21(24)22-17-8-4-3-5-9-17/h3-14,23H,1-2H3,(H,22,24). The van der Waals surface area contributed by atoms with E-state index in [-0.39, 0.29) is 22.1 Å². The molecule has 3 rings (SSSR count). The van der Waals surface area contributed by atoms with E-state index in [9.17, 15) is 13.2 Å². The van der Waals surface area contributed by atoms with Gasteiger partial charge in [0.1, 0.15) is 0 Å². The molecule has 3 aromatic rings. The molecule has 0 aliphatic heterocycles. The van der Waals surface area contributed by atoms with E-state index in [1.807, 2.05) is 31.2 Å². The summed E-state index contributed by atoms with van der Waals surface area (Å²) in [7, 11) is -3.82. The van der Waals surface area contributed by atoms with Crippen molar-refractivity contribution in [3.05, 3.63) is 89.5 Å². The molecule has 0 heterocycles. The summed E-state index contributed by atoms with van der Waals surface area (Å²) >= 11 is 0. The van der Waals surface area contributed by atoms with Crippen molar-refractivity contribution in [3.8, 4) is 0 Å². The van der Waals surface area contributed by atoms with Crippen LogP contribution in [0, 0.1) is 13.8 Å². The molecule has 0 bridgehead atoms. The van der Waals surface area contributed by atoms with Crippen molar-refractivity contribution < 1.29 is 13.2 Å². The number of benzene rings is 3. The smallest absolute Gasteiger partial charge is 0.262 e. The first-order valence-electron chi connectivity index (χ1n) is 8.42. The quantitative estimate of drug-likeness (QED) is 0.691. The number of carbonyl (C=O) groups excluding carboxylic acids is 1. The summed E-state index contributed by atoms with van der Waals surface area (Å²) in [5, 5.41) is 2.77. The number of nitrogens with one attached hydrogen (secondary N) is 2. The molecule has 3 aromatic carbocycles. The Hall–Kier alpha value is -3.12. The Bertz CT molecular complexity index is 1080. The van der Waals surface area contributed by atoms with E-state index in [0.717, 1.165) is 5.56 Å². The molecular formula is C21H20N2O3S. The van der Waals surface area contributed by atoms with Gasteiger partial charge in [0.05, 0.1) is 16.1 Å². The molecule has 138 valence electrons. The Kier molecular flexibility index (Phi) is 5.28. The summed E-state index contributed by atoms with van der Waals surface area (Å²) in [4.78, 5) is 12.8. The molecule has 0 aliphatic carbocycles. The maximum atomic E-state index is 12.8. The molecule has 0 aliphatic rings. The highest BCUT2D eigenvalue weighted by atomic mass is 32.2. The van der Waals surface area contributed by atoms with Gasteiger partial charge in [-0.15, -0.1) is 0 Å². The van der Waals surface area contributed by atoms with Gasteiger partial charge < -0.3 is 5.32 Å². The van der Waals surface area contributed by atoms with E-state index in [4.69, 9.17) is 0 Å². The zero-order valence-electron chi connectivity index (χ0n) is 15.1. The van der Waals surface area contributed by atoms with Crippen molar-refractivity contribution in [1.82, 2.24) is 0 Å². The van der Waals surface area contributed by atoms with Gasteiger partial charge in [0.25, 0.3) is 15.9 Å². The van der Waals surface area contributed by atoms with E-state index >= 15 is 0 Å². The lowest BCUT2D eigenvalue weighted by Crippen LogP contribution is -2.19. The molecule has 0 atom stereocenters. The second-order valence-electron chi connectivity index (χ2n) is 6.24. The molecule has 0 saturated heterocycles. The van der Waals surface area contributed by atoms with Gasteiger partial charge in [-0.25, -0.2) is 8.42 Å². The highest BCUT2D eigenvalue weighted by Crippen LogP contribution is 2.23. The van der Waals surface area contributed by atoms with Gasteiger partial charge in [0, 0.05) is 5.69 Å². The van der Waals surface area contributed by atoms with Gasteiger partial charge in [0.15, 0.2) is 0 Å². The second kappa shape index (κ2) is 7.63. The van der Waals surface area contributed by atoms with Crippen LogP contribution in [0.25, 0.3) is 0 Å². The topological polar surface area (TPSA) is 75.3 Å². The zero-order valence-corrected chi connectivity index (χ0v) is 15.9. The Labute approximate surface area is 159 Å². The molecule has 5 nitrogen and oxygen atoms in total. The van der Waals surface area contributed by atoms with Gasteiger partial charge in [0.2, 0.25) is 0 Å². The molecule has 0 unspecified atom stereocenters. The van der Waals surface area contributed by atoms with Crippen LogP contribution in [0.15, 0.2) is 77.7 Å². The molecule has 0 spiro atoms. The first kappa shape index (κ1) is 18.7. The highest BCUT2D eigenvalue weighted by Gasteiger charge is 2.20. The maximum Gasteiger partial charge on any atom is 0.262 e. The van der Waals surface area contributed by atoms with Crippen LogP contribution in [0.3, 0.4) is 0 Å². The third-order valence-electron chi connectivity index (χ3n) is 4.07. The predicted octanol–water partition coefficient (Wildman–Crippen LogP) is 4.36. The zero-order chi connectivity index (χ0) is 19.4. The monoisotopic (exact) mass is 380 g/mol. The van der Waals surface area contributed by atoms with E-state index in [2.05, 4.69) is 10.0 Å². The number of rotatable bonds is 5. The van der Waals surface area contributed by atoms with Crippen LogP contribution in [0.2, 0.25) is 0 Å². The molecule has 1 amide bonds. The van der Waals surface area contributed by atoms with Gasteiger partial charge >= 0.3 is 0 Å². The largest absolute Gasteiger partial charge is 0.322 e. The summed E-state index contributed by atoms with van der Waals surface area (Å²) in [6.45, 7) is 3.65. The molecule has 27 heavy (non-hydrogen) atoms. The molecule has 0 fully saturated rings. The van der Waals surface area contributed by atoms with Crippen molar-refractivity contribution >= 4 is 27.3 Å². The van der Waals surface area contributed by atoms with Gasteiger partial charge in [-0.05, 0) is 49.7 Å². The fraction of sp³-hybridized carbons (Fsp3) is 0.0952. The predicted molar refractivity (Wildman–Crippen MR) is 108 cm³/mol. The second-order valence-corrected chi connectivity index (χ2v) is 7.89. The maximum absolute atomic E-state index is 12.8. The van der Waals surface area contributed by atoms with Crippen LogP contribution in [0.1, 0.15) is 21.5 Å². The third-order valence-corrected chi connectivity index (χ3v) is 5.59. The Morgan fingerprint density at radius 1 is 0.852 bits per heavy atom. The van der Waals surface area contributed by atoms with Crippen LogP contribution >= 0.6 is 0 Å². The van der Waals surface area contributed by atoms with Gasteiger partial charge in [-0.2, -0.15) is 0 Å². The fourth-order valence-electron chi connectivity index (χ4n) is 2.79. The molecular weight excluding hydrogens is 360 g/mol. The van der Waals surface area contributed by atoms with E-state index < -0.39 is 10.0 Å². The molecule has 6 heteroatoms. The SMILES string of the molecule is Cc1ccc(S(=O)(=O)Nc2ccccc2C(=O)Nc2ccccc2)c(C)c1. The average molecular weight is 380 g/mol. The first-order chi connectivity index (χ1) is 12.9. The lowest BCUT2D eigenvalue weighted by Gasteiger charge is -2.14. The van der Waals surface area contributed by atoms with Crippen LogP contribution < -0.4 is 10.0 Å². The third kappa shape index (κ3) is 4.35. The van der Waals surface area contributed by atoms with Crippen LogP contribution in [-0.2, 0) is 10.0 Å². The lowest BCUT2D eigenvalue weighted by molar-refractivity contribution is 0.102. The number of aryl methyl sites for hydroxylation is 2. The normalized spacial score (nSPS) is 11.0. The minimum Gasteiger partial charge on any atom is -0.322 e. The Balaban J connectivity index is 1.91. The minimum atomic E-state index is -3.82. The number of amides is 1. The van der Waals surface area contributed by atoms with E-state index in [1.165, 1.54) is 0 Å². The number of anilines is 2. The van der Waals surface area contributed by atoms with Crippen molar-refractivity contribution in [1.29, 1.82) is 0 Å². The van der Waals surface area contributed by atoms with Crippen LogP contribution in [0.4, 0.5) is 11.4 Å². The number of hydrogen-bond acceptors (Lipinski definition) is 3. The molecule has 0 aromatic heterocycles. The van der Waals surface area contributed by atoms with Gasteiger partial charge in [-0.1, -0.05) is 48.0 Å². The van der Waals surface area contributed by atoms with Gasteiger partial charge in [-0.3, -0.25) is 9.52 Å². The van der Waals surface area contributed by atoms with E-state index in [0.29, 0.717) is 11.3 Å². The first-order valence-corrected chi connectivity index (χ1v) is 9.90. The summed E-state index contributed by atoms with van der Waals surface area (Å²) < 4.78 is 28.2. The summed E-state index contributed by atoms with van der Waals surface area (Å²) in [5.41, 5.74) is 2.73. The highest BCUT2D eigenvalue weighted by molar-refractivity contribution is 7.92. The lowest BCUT2D eigenvalue weighted by atomic mass is 10.1. The number of hydrogen-bond donors (Lipinski definition) is 2. The molecule has 0 saturated carbocycles. The molecule has 2 N–H and O–H groups in total. The summed E-state index contributed by atoms with van der Waals surface area (Å²) in [6.07, 6.45) is 0. The fourth-order valence-corrected chi connectivity index (χ4v) is 4.10. The number of para-hydroxylation sites is 2. The summed E-state index contributed by atoms with van der Waals surface area (Å²) in [6, 6.07) is 20.6. The van der Waals surface area contributed by atoms with E-state index in [1.54, 1.807) is 55.5 Å². The van der Waals surface area contributed by atoms with Crippen molar-refractivity contribution in [2.45, 2.75) is 18.7 Å².